The molecular formula is C50H56O7. The maximum absolute atomic E-state index is 11.7. The summed E-state index contributed by atoms with van der Waals surface area (Å²) in [7, 11) is 0. The highest BCUT2D eigenvalue weighted by molar-refractivity contribution is 5.40. The van der Waals surface area contributed by atoms with Crippen molar-refractivity contribution >= 4 is 0 Å². The summed E-state index contributed by atoms with van der Waals surface area (Å²) in [5.41, 5.74) is 7.45. The molecule has 2 aliphatic rings. The van der Waals surface area contributed by atoms with Crippen molar-refractivity contribution in [3.05, 3.63) is 191 Å². The van der Waals surface area contributed by atoms with Gasteiger partial charge in [0.1, 0.15) is 23.9 Å². The van der Waals surface area contributed by atoms with Crippen LogP contribution in [0.1, 0.15) is 64.3 Å². The lowest BCUT2D eigenvalue weighted by atomic mass is 9.80. The van der Waals surface area contributed by atoms with Crippen LogP contribution in [0.25, 0.3) is 0 Å². The van der Waals surface area contributed by atoms with Gasteiger partial charge >= 0.3 is 0 Å². The molecule has 5 aromatic carbocycles. The second-order valence-corrected chi connectivity index (χ2v) is 15.3. The Morgan fingerprint density at radius 1 is 0.719 bits per heavy atom. The van der Waals surface area contributed by atoms with E-state index >= 15 is 0 Å². The number of aliphatic hydroxyl groups excluding tert-OH is 1. The lowest BCUT2D eigenvalue weighted by Crippen LogP contribution is -2.69. The fourth-order valence-corrected chi connectivity index (χ4v) is 7.97. The Labute approximate surface area is 338 Å². The third kappa shape index (κ3) is 9.65. The van der Waals surface area contributed by atoms with Crippen molar-refractivity contribution < 1.29 is 33.5 Å². The Hall–Kier alpha value is -4.44. The van der Waals surface area contributed by atoms with Gasteiger partial charge < -0.3 is 33.5 Å². The van der Waals surface area contributed by atoms with Gasteiger partial charge in [0.15, 0.2) is 0 Å². The second kappa shape index (κ2) is 19.3. The molecule has 6 atom stereocenters. The summed E-state index contributed by atoms with van der Waals surface area (Å²) in [6.07, 6.45) is 2.50. The molecule has 2 aliphatic heterocycles. The summed E-state index contributed by atoms with van der Waals surface area (Å²) in [4.78, 5) is 0. The normalized spacial score (nSPS) is 23.3. The maximum Gasteiger partial charge on any atom is 0.225 e. The molecule has 0 amide bonds. The summed E-state index contributed by atoms with van der Waals surface area (Å²) in [5, 5.41) is 11.7. The second-order valence-electron chi connectivity index (χ2n) is 15.3. The van der Waals surface area contributed by atoms with E-state index in [-0.39, 0.29) is 6.61 Å². The molecule has 7 rings (SSSR count). The molecule has 2 saturated heterocycles. The number of hydrogen-bond acceptors (Lipinski definition) is 7. The van der Waals surface area contributed by atoms with E-state index in [2.05, 4.69) is 56.0 Å². The van der Waals surface area contributed by atoms with Crippen LogP contribution in [0.15, 0.2) is 146 Å². The first-order chi connectivity index (χ1) is 27.9. The summed E-state index contributed by atoms with van der Waals surface area (Å²) in [6, 6.07) is 45.5. The van der Waals surface area contributed by atoms with Gasteiger partial charge in [-0.3, -0.25) is 0 Å². The minimum Gasteiger partial charge on any atom is -0.390 e. The number of unbranched alkanes of at least 4 members (excludes halogenated alkanes) is 1. The van der Waals surface area contributed by atoms with Gasteiger partial charge in [-0.2, -0.15) is 0 Å². The predicted molar refractivity (Wildman–Crippen MR) is 223 cm³/mol. The number of fused-ring (bicyclic) bond motifs is 2. The third-order valence-corrected chi connectivity index (χ3v) is 11.3. The number of rotatable bonds is 20. The van der Waals surface area contributed by atoms with Gasteiger partial charge in [-0.15, -0.1) is 6.58 Å². The van der Waals surface area contributed by atoms with E-state index in [4.69, 9.17) is 28.4 Å². The smallest absolute Gasteiger partial charge is 0.225 e. The number of aryl methyl sites for hydroxylation is 2. The van der Waals surface area contributed by atoms with Gasteiger partial charge in [-0.05, 0) is 84.5 Å². The van der Waals surface area contributed by atoms with Crippen molar-refractivity contribution in [3.8, 4) is 0 Å². The van der Waals surface area contributed by atoms with Crippen molar-refractivity contribution in [1.82, 2.24) is 0 Å². The van der Waals surface area contributed by atoms with E-state index in [1.807, 2.05) is 91.0 Å². The lowest BCUT2D eigenvalue weighted by Gasteiger charge is -2.52. The average molecular weight is 769 g/mol. The minimum atomic E-state index is -1.40. The van der Waals surface area contributed by atoms with Crippen molar-refractivity contribution in [1.29, 1.82) is 0 Å². The molecule has 2 fully saturated rings. The predicted octanol–water partition coefficient (Wildman–Crippen LogP) is 9.20. The zero-order valence-electron chi connectivity index (χ0n) is 33.3. The van der Waals surface area contributed by atoms with Gasteiger partial charge in [0.25, 0.3) is 0 Å². The quantitative estimate of drug-likeness (QED) is 0.0626. The zero-order chi connectivity index (χ0) is 39.5. The van der Waals surface area contributed by atoms with Crippen LogP contribution in [0.3, 0.4) is 0 Å². The molecule has 57 heavy (non-hydrogen) atoms. The van der Waals surface area contributed by atoms with Crippen LogP contribution in [-0.2, 0) is 66.9 Å². The highest BCUT2D eigenvalue weighted by Crippen LogP contribution is 2.54. The Morgan fingerprint density at radius 2 is 1.30 bits per heavy atom. The van der Waals surface area contributed by atoms with Crippen LogP contribution in [0.4, 0.5) is 0 Å². The fourth-order valence-electron chi connectivity index (χ4n) is 7.97. The molecule has 298 valence electrons. The van der Waals surface area contributed by atoms with E-state index in [1.54, 1.807) is 13.0 Å². The van der Waals surface area contributed by atoms with E-state index in [0.717, 1.165) is 65.7 Å². The molecule has 2 heterocycles. The Balaban J connectivity index is 1.22. The van der Waals surface area contributed by atoms with E-state index in [0.29, 0.717) is 26.4 Å². The van der Waals surface area contributed by atoms with Crippen molar-refractivity contribution in [2.45, 2.75) is 95.2 Å². The van der Waals surface area contributed by atoms with Gasteiger partial charge in [0, 0.05) is 12.2 Å². The molecule has 0 aromatic heterocycles. The van der Waals surface area contributed by atoms with Crippen LogP contribution in [0.2, 0.25) is 0 Å². The molecule has 5 aromatic rings. The first-order valence-electron chi connectivity index (χ1n) is 20.3. The van der Waals surface area contributed by atoms with Crippen molar-refractivity contribution in [2.24, 2.45) is 0 Å². The molecule has 0 radical (unpaired) electrons. The largest absolute Gasteiger partial charge is 0.390 e. The van der Waals surface area contributed by atoms with E-state index in [1.165, 1.54) is 11.1 Å². The number of benzene rings is 5. The third-order valence-electron chi connectivity index (χ3n) is 11.3. The summed E-state index contributed by atoms with van der Waals surface area (Å²) >= 11 is 0. The molecule has 0 spiro atoms. The molecule has 0 saturated carbocycles. The Bertz CT molecular complexity index is 1980. The van der Waals surface area contributed by atoms with Crippen LogP contribution in [0, 0.1) is 6.92 Å². The summed E-state index contributed by atoms with van der Waals surface area (Å²) < 4.78 is 40.5. The molecule has 2 bridgehead atoms. The lowest BCUT2D eigenvalue weighted by molar-refractivity contribution is -0.359. The Morgan fingerprint density at radius 3 is 1.89 bits per heavy atom. The van der Waals surface area contributed by atoms with Crippen LogP contribution in [0.5, 0.6) is 0 Å². The van der Waals surface area contributed by atoms with E-state index in [9.17, 15) is 5.11 Å². The monoisotopic (exact) mass is 768 g/mol. The van der Waals surface area contributed by atoms with E-state index < -0.39 is 35.8 Å². The van der Waals surface area contributed by atoms with Crippen molar-refractivity contribution in [3.63, 3.8) is 0 Å². The van der Waals surface area contributed by atoms with Crippen LogP contribution in [-0.4, -0.2) is 54.9 Å². The molecule has 1 N–H and O–H groups in total. The molecule has 1 unspecified atom stereocenters. The van der Waals surface area contributed by atoms with Gasteiger partial charge in [-0.1, -0.05) is 133 Å². The molecular weight excluding hydrogens is 713 g/mol. The number of aliphatic hydroxyl groups is 1. The summed E-state index contributed by atoms with van der Waals surface area (Å²) in [6.45, 7) is 9.95. The van der Waals surface area contributed by atoms with Gasteiger partial charge in [0.2, 0.25) is 5.79 Å². The average Bonchev–Trinajstić information content (AvgIpc) is 3.61. The molecule has 7 nitrogen and oxygen atoms in total. The zero-order valence-corrected chi connectivity index (χ0v) is 33.3. The summed E-state index contributed by atoms with van der Waals surface area (Å²) in [5.74, 6) is -1.40. The maximum atomic E-state index is 11.7. The molecule has 7 heteroatoms. The topological polar surface area (TPSA) is 75.6 Å². The number of hydrogen-bond donors (Lipinski definition) is 1. The van der Waals surface area contributed by atoms with Crippen LogP contribution < -0.4 is 0 Å². The highest BCUT2D eigenvalue weighted by Gasteiger charge is 2.71. The highest BCUT2D eigenvalue weighted by atomic mass is 16.8. The first kappa shape index (κ1) is 40.7. The molecule has 0 aliphatic carbocycles. The minimum absolute atomic E-state index is 0.0889. The van der Waals surface area contributed by atoms with Gasteiger partial charge in [0.05, 0.1) is 39.1 Å². The first-order valence-corrected chi connectivity index (χ1v) is 20.3. The SMILES string of the molecule is C=CCOCCCCc1ccc(Cc2cc([C@]34OC[C@@](C(C)O)(O3)[C@@H](OCc3ccccc3)[C@H](OCc3ccccc3)[C@H]4OCc3ccccc3)ccc2C)cc1. The number of ether oxygens (including phenoxy) is 6. The van der Waals surface area contributed by atoms with Crippen molar-refractivity contribution in [2.75, 3.05) is 19.8 Å². The standard InChI is InChI=1S/C50H56O7/c1-4-29-52-30-15-14-16-39-24-26-40(27-25-39)31-44-32-45(28-23-37(44)2)50-48(55-35-43-21-12-7-13-22-43)46(53-33-41-17-8-5-9-18-41)47(49(57-50,36-56-50)38(3)51)54-34-42-19-10-6-11-20-42/h4-13,17-28,32,38,46-48,51H,1,14-16,29-31,33-36H2,2-3H3/t38?,46-,47-,48+,49-,50-/m0/s1. The Kier molecular flexibility index (Phi) is 13.8. The van der Waals surface area contributed by atoms with Crippen LogP contribution >= 0.6 is 0 Å². The van der Waals surface area contributed by atoms with Gasteiger partial charge in [-0.25, -0.2) is 0 Å². The fraction of sp³-hybridized carbons (Fsp3) is 0.360.